The van der Waals surface area contributed by atoms with Crippen molar-refractivity contribution in [3.63, 3.8) is 0 Å². The van der Waals surface area contributed by atoms with Gasteiger partial charge in [0, 0.05) is 18.1 Å². The summed E-state index contributed by atoms with van der Waals surface area (Å²) >= 11 is 1.62. The number of carbonyl (C=O) groups excluding carboxylic acids is 1. The number of amides is 1. The highest BCUT2D eigenvalue weighted by Gasteiger charge is 2.42. The normalized spacial score (nSPS) is 18.6. The van der Waals surface area contributed by atoms with E-state index in [4.69, 9.17) is 9.47 Å². The van der Waals surface area contributed by atoms with Crippen LogP contribution in [0.5, 0.6) is 5.75 Å². The smallest absolute Gasteiger partial charge is 0.236 e. The average Bonchev–Trinajstić information content (AvgIpc) is 3.24. The van der Waals surface area contributed by atoms with Gasteiger partial charge in [0.15, 0.2) is 5.13 Å². The number of anilines is 1. The quantitative estimate of drug-likeness (QED) is 0.911. The lowest BCUT2D eigenvalue weighted by Gasteiger charge is -2.36. The largest absolute Gasteiger partial charge is 0.497 e. The first-order chi connectivity index (χ1) is 12.2. The molecule has 0 atom stereocenters. The molecule has 132 valence electrons. The fourth-order valence-electron chi connectivity index (χ4n) is 3.74. The molecule has 2 aromatic rings. The number of nitrogens with zero attached hydrogens (tertiary/aromatic N) is 1. The van der Waals surface area contributed by atoms with Crippen molar-refractivity contribution in [2.75, 3.05) is 25.6 Å². The topological polar surface area (TPSA) is 60.5 Å². The van der Waals surface area contributed by atoms with Gasteiger partial charge in [0.2, 0.25) is 5.91 Å². The molecule has 1 aliphatic carbocycles. The van der Waals surface area contributed by atoms with Crippen LogP contribution in [0.3, 0.4) is 0 Å². The number of fused-ring (bicyclic) bond motifs is 1. The number of ether oxygens (including phenoxy) is 2. The number of thiazole rings is 1. The lowest BCUT2D eigenvalue weighted by Crippen LogP contribution is -2.44. The van der Waals surface area contributed by atoms with Crippen molar-refractivity contribution in [2.45, 2.75) is 37.5 Å². The van der Waals surface area contributed by atoms with Gasteiger partial charge < -0.3 is 14.8 Å². The Morgan fingerprint density at radius 2 is 2.00 bits per heavy atom. The first-order valence-electron chi connectivity index (χ1n) is 8.73. The summed E-state index contributed by atoms with van der Waals surface area (Å²) in [5.41, 5.74) is 1.60. The minimum Gasteiger partial charge on any atom is -0.497 e. The van der Waals surface area contributed by atoms with E-state index in [1.807, 2.05) is 24.3 Å². The van der Waals surface area contributed by atoms with Crippen LogP contribution in [-0.4, -0.2) is 31.2 Å². The molecule has 0 unspecified atom stereocenters. The molecule has 1 N–H and O–H groups in total. The molecule has 6 heteroatoms. The molecule has 0 radical (unpaired) electrons. The predicted molar refractivity (Wildman–Crippen MR) is 97.5 cm³/mol. The summed E-state index contributed by atoms with van der Waals surface area (Å²) in [6, 6.07) is 7.81. The predicted octanol–water partition coefficient (Wildman–Crippen LogP) is 3.33. The van der Waals surface area contributed by atoms with Gasteiger partial charge >= 0.3 is 0 Å². The number of hydrogen-bond acceptors (Lipinski definition) is 5. The van der Waals surface area contributed by atoms with Gasteiger partial charge in [-0.25, -0.2) is 4.98 Å². The fourth-order valence-corrected chi connectivity index (χ4v) is 4.78. The number of nitrogens with one attached hydrogen (secondary N) is 1. The van der Waals surface area contributed by atoms with Crippen LogP contribution in [-0.2, 0) is 27.8 Å². The van der Waals surface area contributed by atoms with Crippen molar-refractivity contribution in [1.82, 2.24) is 4.98 Å². The number of aromatic nitrogens is 1. The summed E-state index contributed by atoms with van der Waals surface area (Å²) in [6.45, 7) is 1.18. The van der Waals surface area contributed by atoms with Crippen molar-refractivity contribution in [1.29, 1.82) is 0 Å². The van der Waals surface area contributed by atoms with E-state index < -0.39 is 5.41 Å². The van der Waals surface area contributed by atoms with Gasteiger partial charge in [0.25, 0.3) is 0 Å². The van der Waals surface area contributed by atoms with Crippen LogP contribution in [0, 0.1) is 0 Å². The standard InChI is InChI=1S/C19H22N2O3S/c1-23-14-7-5-13(6-8-14)19(9-11-24-12-10-19)17(22)21-18-20-15-3-2-4-16(15)25-18/h5-8H,2-4,9-12H2,1H3,(H,20,21,22). The molecule has 25 heavy (non-hydrogen) atoms. The summed E-state index contributed by atoms with van der Waals surface area (Å²) in [6.07, 6.45) is 4.64. The number of carbonyl (C=O) groups is 1. The number of hydrogen-bond donors (Lipinski definition) is 1. The Morgan fingerprint density at radius 1 is 1.24 bits per heavy atom. The maximum atomic E-state index is 13.2. The molecule has 1 fully saturated rings. The number of benzene rings is 1. The van der Waals surface area contributed by atoms with E-state index in [-0.39, 0.29) is 5.91 Å². The Hall–Kier alpha value is -1.92. The van der Waals surface area contributed by atoms with E-state index in [9.17, 15) is 4.79 Å². The zero-order valence-electron chi connectivity index (χ0n) is 14.3. The molecule has 2 heterocycles. The molecule has 0 saturated carbocycles. The van der Waals surface area contributed by atoms with Crippen LogP contribution in [0.25, 0.3) is 0 Å². The van der Waals surface area contributed by atoms with Crippen molar-refractivity contribution in [2.24, 2.45) is 0 Å². The van der Waals surface area contributed by atoms with E-state index in [2.05, 4.69) is 10.3 Å². The first-order valence-corrected chi connectivity index (χ1v) is 9.55. The lowest BCUT2D eigenvalue weighted by molar-refractivity contribution is -0.125. The van der Waals surface area contributed by atoms with Gasteiger partial charge in [-0.05, 0) is 49.8 Å². The third kappa shape index (κ3) is 3.04. The second kappa shape index (κ2) is 6.77. The van der Waals surface area contributed by atoms with E-state index in [0.29, 0.717) is 26.1 Å². The van der Waals surface area contributed by atoms with Crippen LogP contribution >= 0.6 is 11.3 Å². The summed E-state index contributed by atoms with van der Waals surface area (Å²) in [4.78, 5) is 19.2. The zero-order chi connectivity index (χ0) is 17.3. The van der Waals surface area contributed by atoms with Gasteiger partial charge in [0.05, 0.1) is 18.2 Å². The van der Waals surface area contributed by atoms with Crippen molar-refractivity contribution < 1.29 is 14.3 Å². The Bertz CT molecular complexity index is 742. The SMILES string of the molecule is COc1ccc(C2(C(=O)Nc3nc4c(s3)CCC4)CCOCC2)cc1. The van der Waals surface area contributed by atoms with Gasteiger partial charge in [-0.1, -0.05) is 12.1 Å². The molecule has 5 nitrogen and oxygen atoms in total. The van der Waals surface area contributed by atoms with Crippen molar-refractivity contribution in [3.05, 3.63) is 40.4 Å². The monoisotopic (exact) mass is 358 g/mol. The molecular weight excluding hydrogens is 336 g/mol. The van der Waals surface area contributed by atoms with Crippen LogP contribution in [0.15, 0.2) is 24.3 Å². The van der Waals surface area contributed by atoms with Crippen LogP contribution in [0.1, 0.15) is 35.4 Å². The second-order valence-electron chi connectivity index (χ2n) is 6.62. The third-order valence-corrected chi connectivity index (χ3v) is 6.31. The highest BCUT2D eigenvalue weighted by molar-refractivity contribution is 7.15. The molecule has 1 saturated heterocycles. The highest BCUT2D eigenvalue weighted by Crippen LogP contribution is 2.38. The van der Waals surface area contributed by atoms with Crippen molar-refractivity contribution >= 4 is 22.4 Å². The number of aryl methyl sites for hydroxylation is 2. The van der Waals surface area contributed by atoms with Gasteiger partial charge in [-0.15, -0.1) is 11.3 Å². The van der Waals surface area contributed by atoms with Crippen LogP contribution in [0.4, 0.5) is 5.13 Å². The van der Waals surface area contributed by atoms with Crippen LogP contribution < -0.4 is 10.1 Å². The molecule has 1 aromatic carbocycles. The third-order valence-electron chi connectivity index (χ3n) is 5.24. The van der Waals surface area contributed by atoms with Gasteiger partial charge in [-0.3, -0.25) is 4.79 Å². The van der Waals surface area contributed by atoms with E-state index in [1.165, 1.54) is 11.3 Å². The average molecular weight is 358 g/mol. The lowest BCUT2D eigenvalue weighted by atomic mass is 9.73. The Labute approximate surface area is 151 Å². The molecule has 1 aromatic heterocycles. The summed E-state index contributed by atoms with van der Waals surface area (Å²) in [7, 11) is 1.65. The van der Waals surface area contributed by atoms with Gasteiger partial charge in [-0.2, -0.15) is 0 Å². The minimum atomic E-state index is -0.569. The molecule has 0 spiro atoms. The molecule has 2 aliphatic rings. The minimum absolute atomic E-state index is 0.0217. The molecule has 1 aliphatic heterocycles. The maximum absolute atomic E-state index is 13.2. The van der Waals surface area contributed by atoms with Gasteiger partial charge in [0.1, 0.15) is 5.75 Å². The Balaban J connectivity index is 1.61. The Morgan fingerprint density at radius 3 is 2.68 bits per heavy atom. The van der Waals surface area contributed by atoms with E-state index >= 15 is 0 Å². The second-order valence-corrected chi connectivity index (χ2v) is 7.70. The maximum Gasteiger partial charge on any atom is 0.236 e. The number of methoxy groups -OCH3 is 1. The molecular formula is C19H22N2O3S. The van der Waals surface area contributed by atoms with Crippen LogP contribution in [0.2, 0.25) is 0 Å². The number of rotatable bonds is 4. The summed E-state index contributed by atoms with van der Waals surface area (Å²) in [5, 5.41) is 3.82. The van der Waals surface area contributed by atoms with E-state index in [1.54, 1.807) is 18.4 Å². The highest BCUT2D eigenvalue weighted by atomic mass is 32.1. The first kappa shape index (κ1) is 16.5. The zero-order valence-corrected chi connectivity index (χ0v) is 15.2. The molecule has 4 rings (SSSR count). The van der Waals surface area contributed by atoms with E-state index in [0.717, 1.165) is 35.0 Å². The summed E-state index contributed by atoms with van der Waals surface area (Å²) < 4.78 is 10.8. The fraction of sp³-hybridized carbons (Fsp3) is 0.474. The molecule has 0 bridgehead atoms. The molecule has 1 amide bonds. The Kier molecular flexibility index (Phi) is 4.48. The summed E-state index contributed by atoms with van der Waals surface area (Å²) in [5.74, 6) is 0.816. The van der Waals surface area contributed by atoms with Crippen molar-refractivity contribution in [3.8, 4) is 5.75 Å².